The highest BCUT2D eigenvalue weighted by Gasteiger charge is 2.17. The molecule has 0 spiro atoms. The third-order valence-electron chi connectivity index (χ3n) is 2.83. The zero-order valence-corrected chi connectivity index (χ0v) is 8.67. The summed E-state index contributed by atoms with van der Waals surface area (Å²) < 4.78 is 0. The summed E-state index contributed by atoms with van der Waals surface area (Å²) in [7, 11) is 0. The van der Waals surface area contributed by atoms with Crippen molar-refractivity contribution in [1.29, 1.82) is 0 Å². The molecule has 0 saturated heterocycles. The van der Waals surface area contributed by atoms with E-state index in [0.29, 0.717) is 6.42 Å². The van der Waals surface area contributed by atoms with Gasteiger partial charge in [-0.15, -0.1) is 6.58 Å². The van der Waals surface area contributed by atoms with Gasteiger partial charge in [-0.3, -0.25) is 4.79 Å². The maximum absolute atomic E-state index is 11.3. The number of amides is 1. The van der Waals surface area contributed by atoms with Crippen LogP contribution in [0.4, 0.5) is 0 Å². The second-order valence-electron chi connectivity index (χ2n) is 4.01. The monoisotopic (exact) mass is 196 g/mol. The normalized spacial score (nSPS) is 18.4. The van der Waals surface area contributed by atoms with E-state index in [1.807, 2.05) is 0 Å². The molecule has 1 saturated carbocycles. The molecule has 0 bridgehead atoms. The fourth-order valence-electron chi connectivity index (χ4n) is 1.60. The van der Waals surface area contributed by atoms with E-state index >= 15 is 0 Å². The predicted octanol–water partition coefficient (Wildman–Crippen LogP) is 1.20. The van der Waals surface area contributed by atoms with Crippen LogP contribution in [-0.4, -0.2) is 18.5 Å². The largest absolute Gasteiger partial charge is 0.355 e. The molecule has 0 radical (unpaired) electrons. The molecule has 1 aliphatic rings. The third-order valence-corrected chi connectivity index (χ3v) is 2.83. The Morgan fingerprint density at radius 1 is 1.64 bits per heavy atom. The Morgan fingerprint density at radius 2 is 2.36 bits per heavy atom. The summed E-state index contributed by atoms with van der Waals surface area (Å²) in [5, 5.41) is 2.85. The Bertz CT molecular complexity index is 199. The molecule has 3 nitrogen and oxygen atoms in total. The van der Waals surface area contributed by atoms with E-state index in [9.17, 15) is 4.79 Å². The fourth-order valence-corrected chi connectivity index (χ4v) is 1.60. The number of carbonyl (C=O) groups excluding carboxylic acids is 1. The second-order valence-corrected chi connectivity index (χ2v) is 4.01. The van der Waals surface area contributed by atoms with E-state index in [-0.39, 0.29) is 5.91 Å². The SMILES string of the molecule is C=CCC(N)C(=O)NCCC1CCC1. The highest BCUT2D eigenvalue weighted by Crippen LogP contribution is 2.28. The first kappa shape index (κ1) is 11.2. The van der Waals surface area contributed by atoms with Gasteiger partial charge in [0.05, 0.1) is 6.04 Å². The highest BCUT2D eigenvalue weighted by atomic mass is 16.2. The number of rotatable bonds is 6. The van der Waals surface area contributed by atoms with Crippen molar-refractivity contribution in [3.63, 3.8) is 0 Å². The zero-order chi connectivity index (χ0) is 10.4. The Morgan fingerprint density at radius 3 is 2.86 bits per heavy atom. The van der Waals surface area contributed by atoms with Crippen molar-refractivity contribution in [3.05, 3.63) is 12.7 Å². The van der Waals surface area contributed by atoms with Crippen LogP contribution < -0.4 is 11.1 Å². The standard InChI is InChI=1S/C11H20N2O/c1-2-4-10(12)11(14)13-8-7-9-5-3-6-9/h2,9-10H,1,3-8,12H2,(H,13,14). The molecule has 0 aromatic rings. The molecule has 0 aliphatic heterocycles. The third kappa shape index (κ3) is 3.50. The number of carbonyl (C=O) groups is 1. The zero-order valence-electron chi connectivity index (χ0n) is 8.67. The number of nitrogens with two attached hydrogens (primary N) is 1. The van der Waals surface area contributed by atoms with Crippen LogP contribution in [0, 0.1) is 5.92 Å². The summed E-state index contributed by atoms with van der Waals surface area (Å²) >= 11 is 0. The van der Waals surface area contributed by atoms with Gasteiger partial charge in [-0.1, -0.05) is 25.3 Å². The average molecular weight is 196 g/mol. The minimum atomic E-state index is -0.422. The van der Waals surface area contributed by atoms with Crippen LogP contribution in [-0.2, 0) is 4.79 Å². The van der Waals surface area contributed by atoms with E-state index in [2.05, 4.69) is 11.9 Å². The van der Waals surface area contributed by atoms with Gasteiger partial charge in [-0.05, 0) is 18.8 Å². The van der Waals surface area contributed by atoms with Crippen LogP contribution in [0.1, 0.15) is 32.1 Å². The van der Waals surface area contributed by atoms with Crippen LogP contribution >= 0.6 is 0 Å². The lowest BCUT2D eigenvalue weighted by Crippen LogP contribution is -2.41. The Hall–Kier alpha value is -0.830. The van der Waals surface area contributed by atoms with Gasteiger partial charge in [0.15, 0.2) is 0 Å². The summed E-state index contributed by atoms with van der Waals surface area (Å²) in [5.74, 6) is 0.787. The molecule has 0 aromatic heterocycles. The average Bonchev–Trinajstić information content (AvgIpc) is 2.09. The first-order valence-electron chi connectivity index (χ1n) is 5.38. The van der Waals surface area contributed by atoms with Gasteiger partial charge < -0.3 is 11.1 Å². The molecule has 3 heteroatoms. The van der Waals surface area contributed by atoms with Crippen LogP contribution in [0.3, 0.4) is 0 Å². The van der Waals surface area contributed by atoms with Crippen LogP contribution in [0.5, 0.6) is 0 Å². The van der Waals surface area contributed by atoms with Gasteiger partial charge in [0.1, 0.15) is 0 Å². The fraction of sp³-hybridized carbons (Fsp3) is 0.727. The summed E-state index contributed by atoms with van der Waals surface area (Å²) in [6, 6.07) is -0.422. The van der Waals surface area contributed by atoms with E-state index in [1.165, 1.54) is 19.3 Å². The van der Waals surface area contributed by atoms with Gasteiger partial charge in [-0.2, -0.15) is 0 Å². The van der Waals surface area contributed by atoms with Gasteiger partial charge in [-0.25, -0.2) is 0 Å². The molecule has 14 heavy (non-hydrogen) atoms. The molecule has 1 atom stereocenters. The van der Waals surface area contributed by atoms with E-state index < -0.39 is 6.04 Å². The van der Waals surface area contributed by atoms with E-state index in [4.69, 9.17) is 5.73 Å². The van der Waals surface area contributed by atoms with Crippen LogP contribution in [0.2, 0.25) is 0 Å². The first-order valence-corrected chi connectivity index (χ1v) is 5.38. The molecule has 1 amide bonds. The van der Waals surface area contributed by atoms with Crippen LogP contribution in [0.15, 0.2) is 12.7 Å². The van der Waals surface area contributed by atoms with Crippen LogP contribution in [0.25, 0.3) is 0 Å². The first-order chi connectivity index (χ1) is 6.74. The number of hydrogen-bond acceptors (Lipinski definition) is 2. The smallest absolute Gasteiger partial charge is 0.237 e. The Kier molecular flexibility index (Phi) is 4.66. The lowest BCUT2D eigenvalue weighted by Gasteiger charge is -2.25. The summed E-state index contributed by atoms with van der Waals surface area (Å²) in [5.41, 5.74) is 5.61. The number of hydrogen-bond donors (Lipinski definition) is 2. The molecule has 80 valence electrons. The van der Waals surface area contributed by atoms with Crippen molar-refractivity contribution < 1.29 is 4.79 Å². The lowest BCUT2D eigenvalue weighted by molar-refractivity contribution is -0.122. The Labute approximate surface area is 85.7 Å². The van der Waals surface area contributed by atoms with Crippen molar-refractivity contribution in [3.8, 4) is 0 Å². The van der Waals surface area contributed by atoms with Crippen molar-refractivity contribution in [2.24, 2.45) is 11.7 Å². The lowest BCUT2D eigenvalue weighted by atomic mass is 9.83. The molecular weight excluding hydrogens is 176 g/mol. The van der Waals surface area contributed by atoms with Crippen molar-refractivity contribution in [1.82, 2.24) is 5.32 Å². The van der Waals surface area contributed by atoms with Gasteiger partial charge in [0.25, 0.3) is 0 Å². The molecule has 1 rings (SSSR count). The summed E-state index contributed by atoms with van der Waals surface area (Å²) in [6.45, 7) is 4.33. The minimum absolute atomic E-state index is 0.0516. The van der Waals surface area contributed by atoms with Crippen molar-refractivity contribution >= 4 is 5.91 Å². The Balaban J connectivity index is 2.04. The molecule has 0 heterocycles. The molecule has 0 aromatic carbocycles. The quantitative estimate of drug-likeness (QED) is 0.627. The topological polar surface area (TPSA) is 55.1 Å². The van der Waals surface area contributed by atoms with E-state index in [0.717, 1.165) is 18.9 Å². The van der Waals surface area contributed by atoms with Crippen molar-refractivity contribution in [2.75, 3.05) is 6.54 Å². The summed E-state index contributed by atoms with van der Waals surface area (Å²) in [4.78, 5) is 11.3. The molecule has 3 N–H and O–H groups in total. The highest BCUT2D eigenvalue weighted by molar-refractivity contribution is 5.81. The van der Waals surface area contributed by atoms with Gasteiger partial charge in [0, 0.05) is 6.54 Å². The number of nitrogens with one attached hydrogen (secondary N) is 1. The predicted molar refractivity (Wildman–Crippen MR) is 57.8 cm³/mol. The molecule has 1 fully saturated rings. The molecular formula is C11H20N2O. The maximum atomic E-state index is 11.3. The second kappa shape index (κ2) is 5.81. The minimum Gasteiger partial charge on any atom is -0.355 e. The molecule has 1 unspecified atom stereocenters. The molecule has 1 aliphatic carbocycles. The maximum Gasteiger partial charge on any atom is 0.237 e. The van der Waals surface area contributed by atoms with Crippen molar-refractivity contribution in [2.45, 2.75) is 38.1 Å². The van der Waals surface area contributed by atoms with E-state index in [1.54, 1.807) is 6.08 Å². The van der Waals surface area contributed by atoms with Gasteiger partial charge in [0.2, 0.25) is 5.91 Å². The summed E-state index contributed by atoms with van der Waals surface area (Å²) in [6.07, 6.45) is 7.34. The van der Waals surface area contributed by atoms with Gasteiger partial charge >= 0.3 is 0 Å².